The standard InChI is InChI=1S/C16H24N2O3/c1-2-21-15-5-3-13(4-6-15)7-8-18-16(19)11-14-12-20-10-9-17-14/h3-6,14,17H,2,7-12H2,1H3,(H,18,19)/t14-/m0/s1. The number of morpholine rings is 1. The Bertz CT molecular complexity index is 428. The lowest BCUT2D eigenvalue weighted by atomic mass is 10.1. The van der Waals surface area contributed by atoms with Crippen molar-refractivity contribution in [2.75, 3.05) is 32.9 Å². The molecule has 0 bridgehead atoms. The third-order valence-corrected chi connectivity index (χ3v) is 3.40. The fraction of sp³-hybridized carbons (Fsp3) is 0.562. The van der Waals surface area contributed by atoms with Gasteiger partial charge in [0.1, 0.15) is 5.75 Å². The number of carbonyl (C=O) groups is 1. The molecule has 1 heterocycles. The molecule has 1 aliphatic rings. The monoisotopic (exact) mass is 292 g/mol. The van der Waals surface area contributed by atoms with E-state index in [0.717, 1.165) is 25.3 Å². The minimum atomic E-state index is 0.0731. The van der Waals surface area contributed by atoms with E-state index < -0.39 is 0 Å². The molecular weight excluding hydrogens is 268 g/mol. The highest BCUT2D eigenvalue weighted by atomic mass is 16.5. The van der Waals surface area contributed by atoms with Gasteiger partial charge in [-0.1, -0.05) is 12.1 Å². The van der Waals surface area contributed by atoms with Crippen LogP contribution >= 0.6 is 0 Å². The first-order valence-corrected chi connectivity index (χ1v) is 7.57. The largest absolute Gasteiger partial charge is 0.494 e. The van der Waals surface area contributed by atoms with Gasteiger partial charge < -0.3 is 20.1 Å². The molecule has 1 fully saturated rings. The molecule has 0 aromatic heterocycles. The SMILES string of the molecule is CCOc1ccc(CCNC(=O)C[C@H]2COCCN2)cc1. The van der Waals surface area contributed by atoms with E-state index in [1.165, 1.54) is 5.56 Å². The average molecular weight is 292 g/mol. The summed E-state index contributed by atoms with van der Waals surface area (Å²) in [5, 5.41) is 6.23. The third kappa shape index (κ3) is 5.73. The van der Waals surface area contributed by atoms with Gasteiger partial charge in [0, 0.05) is 25.6 Å². The third-order valence-electron chi connectivity index (χ3n) is 3.40. The second-order valence-electron chi connectivity index (χ2n) is 5.11. The summed E-state index contributed by atoms with van der Waals surface area (Å²) in [4.78, 5) is 11.8. The molecule has 1 atom stereocenters. The van der Waals surface area contributed by atoms with Crippen LogP contribution in [0.2, 0.25) is 0 Å². The van der Waals surface area contributed by atoms with E-state index in [9.17, 15) is 4.79 Å². The first kappa shape index (κ1) is 15.8. The average Bonchev–Trinajstić information content (AvgIpc) is 2.50. The molecule has 0 saturated carbocycles. The molecule has 1 aromatic rings. The lowest BCUT2D eigenvalue weighted by molar-refractivity contribution is -0.122. The molecule has 0 aliphatic carbocycles. The maximum atomic E-state index is 11.8. The Morgan fingerprint density at radius 2 is 2.24 bits per heavy atom. The molecule has 1 aliphatic heterocycles. The highest BCUT2D eigenvalue weighted by Gasteiger charge is 2.16. The van der Waals surface area contributed by atoms with Crippen molar-refractivity contribution in [2.45, 2.75) is 25.8 Å². The number of rotatable bonds is 7. The highest BCUT2D eigenvalue weighted by molar-refractivity contribution is 5.76. The van der Waals surface area contributed by atoms with E-state index in [0.29, 0.717) is 26.2 Å². The molecule has 0 unspecified atom stereocenters. The number of amides is 1. The Labute approximate surface area is 126 Å². The number of nitrogens with one attached hydrogen (secondary N) is 2. The maximum Gasteiger partial charge on any atom is 0.221 e. The number of carbonyl (C=O) groups excluding carboxylic acids is 1. The molecule has 116 valence electrons. The summed E-state index contributed by atoms with van der Waals surface area (Å²) in [5.41, 5.74) is 1.19. The van der Waals surface area contributed by atoms with Crippen molar-refractivity contribution in [3.05, 3.63) is 29.8 Å². The summed E-state index contributed by atoms with van der Waals surface area (Å²) in [7, 11) is 0. The van der Waals surface area contributed by atoms with Crippen molar-refractivity contribution < 1.29 is 14.3 Å². The Kier molecular flexibility index (Phi) is 6.50. The van der Waals surface area contributed by atoms with Crippen LogP contribution in [-0.2, 0) is 16.0 Å². The van der Waals surface area contributed by atoms with E-state index in [2.05, 4.69) is 10.6 Å². The van der Waals surface area contributed by atoms with Gasteiger partial charge in [-0.15, -0.1) is 0 Å². The predicted molar refractivity (Wildman–Crippen MR) is 81.6 cm³/mol. The summed E-state index contributed by atoms with van der Waals surface area (Å²) in [5.74, 6) is 0.956. The first-order valence-electron chi connectivity index (χ1n) is 7.57. The quantitative estimate of drug-likeness (QED) is 0.791. The Morgan fingerprint density at radius 3 is 2.90 bits per heavy atom. The van der Waals surface area contributed by atoms with Crippen LogP contribution in [0, 0.1) is 0 Å². The van der Waals surface area contributed by atoms with E-state index >= 15 is 0 Å². The summed E-state index contributed by atoms with van der Waals surface area (Å²) in [6.07, 6.45) is 1.30. The fourth-order valence-electron chi connectivity index (χ4n) is 2.31. The lowest BCUT2D eigenvalue weighted by Crippen LogP contribution is -2.44. The smallest absolute Gasteiger partial charge is 0.221 e. The molecule has 2 N–H and O–H groups in total. The molecule has 5 heteroatoms. The van der Waals surface area contributed by atoms with Gasteiger partial charge in [-0.2, -0.15) is 0 Å². The van der Waals surface area contributed by atoms with Crippen LogP contribution in [-0.4, -0.2) is 44.9 Å². The van der Waals surface area contributed by atoms with Gasteiger partial charge in [-0.05, 0) is 31.0 Å². The van der Waals surface area contributed by atoms with Gasteiger partial charge in [0.05, 0.1) is 19.8 Å². The summed E-state index contributed by atoms with van der Waals surface area (Å²) in [6.45, 7) is 5.47. The van der Waals surface area contributed by atoms with E-state index in [1.54, 1.807) is 0 Å². The number of ether oxygens (including phenoxy) is 2. The van der Waals surface area contributed by atoms with Gasteiger partial charge in [0.25, 0.3) is 0 Å². The number of benzene rings is 1. The zero-order valence-corrected chi connectivity index (χ0v) is 12.6. The van der Waals surface area contributed by atoms with Crippen molar-refractivity contribution in [3.63, 3.8) is 0 Å². The summed E-state index contributed by atoms with van der Waals surface area (Å²) < 4.78 is 10.7. The number of hydrogen-bond acceptors (Lipinski definition) is 4. The van der Waals surface area contributed by atoms with Crippen LogP contribution in [0.4, 0.5) is 0 Å². The topological polar surface area (TPSA) is 59.6 Å². The van der Waals surface area contributed by atoms with Gasteiger partial charge in [0.2, 0.25) is 5.91 Å². The lowest BCUT2D eigenvalue weighted by Gasteiger charge is -2.23. The predicted octanol–water partition coefficient (Wildman–Crippen LogP) is 1.12. The Hall–Kier alpha value is -1.59. The second kappa shape index (κ2) is 8.64. The van der Waals surface area contributed by atoms with Crippen LogP contribution in [0.25, 0.3) is 0 Å². The van der Waals surface area contributed by atoms with Crippen LogP contribution in [0.5, 0.6) is 5.75 Å². The Morgan fingerprint density at radius 1 is 1.43 bits per heavy atom. The Balaban J connectivity index is 1.64. The zero-order chi connectivity index (χ0) is 14.9. The first-order chi connectivity index (χ1) is 10.3. The minimum absolute atomic E-state index is 0.0731. The normalized spacial score (nSPS) is 18.2. The van der Waals surface area contributed by atoms with Crippen LogP contribution in [0.3, 0.4) is 0 Å². The van der Waals surface area contributed by atoms with Crippen LogP contribution in [0.1, 0.15) is 18.9 Å². The van der Waals surface area contributed by atoms with E-state index in [1.807, 2.05) is 31.2 Å². The zero-order valence-electron chi connectivity index (χ0n) is 12.6. The van der Waals surface area contributed by atoms with Gasteiger partial charge in [-0.3, -0.25) is 4.79 Å². The highest BCUT2D eigenvalue weighted by Crippen LogP contribution is 2.12. The number of hydrogen-bond donors (Lipinski definition) is 2. The van der Waals surface area contributed by atoms with Crippen molar-refractivity contribution in [3.8, 4) is 5.75 Å². The molecule has 1 amide bonds. The second-order valence-corrected chi connectivity index (χ2v) is 5.11. The van der Waals surface area contributed by atoms with Crippen molar-refractivity contribution in [1.82, 2.24) is 10.6 Å². The van der Waals surface area contributed by atoms with Crippen molar-refractivity contribution in [1.29, 1.82) is 0 Å². The molecule has 2 rings (SSSR count). The fourth-order valence-corrected chi connectivity index (χ4v) is 2.31. The molecular formula is C16H24N2O3. The molecule has 21 heavy (non-hydrogen) atoms. The van der Waals surface area contributed by atoms with Crippen LogP contribution < -0.4 is 15.4 Å². The molecule has 1 saturated heterocycles. The summed E-state index contributed by atoms with van der Waals surface area (Å²) in [6, 6.07) is 8.14. The minimum Gasteiger partial charge on any atom is -0.494 e. The van der Waals surface area contributed by atoms with Gasteiger partial charge in [0.15, 0.2) is 0 Å². The molecule has 1 aromatic carbocycles. The van der Waals surface area contributed by atoms with Crippen LogP contribution in [0.15, 0.2) is 24.3 Å². The molecule has 0 radical (unpaired) electrons. The summed E-state index contributed by atoms with van der Waals surface area (Å²) >= 11 is 0. The van der Waals surface area contributed by atoms with Crippen molar-refractivity contribution >= 4 is 5.91 Å². The van der Waals surface area contributed by atoms with E-state index in [4.69, 9.17) is 9.47 Å². The maximum absolute atomic E-state index is 11.8. The van der Waals surface area contributed by atoms with Gasteiger partial charge >= 0.3 is 0 Å². The molecule has 5 nitrogen and oxygen atoms in total. The molecule has 0 spiro atoms. The van der Waals surface area contributed by atoms with Crippen molar-refractivity contribution in [2.24, 2.45) is 0 Å². The van der Waals surface area contributed by atoms with Gasteiger partial charge in [-0.25, -0.2) is 0 Å². The van der Waals surface area contributed by atoms with E-state index in [-0.39, 0.29) is 11.9 Å².